The highest BCUT2D eigenvalue weighted by atomic mass is 79.9. The topological polar surface area (TPSA) is 9.23 Å². The lowest BCUT2D eigenvalue weighted by Gasteiger charge is -2.45. The molecule has 1 nitrogen and oxygen atoms in total. The highest BCUT2D eigenvalue weighted by molar-refractivity contribution is 9.09. The first kappa shape index (κ1) is 15.5. The van der Waals surface area contributed by atoms with Crippen LogP contribution < -0.4 is 0 Å². The summed E-state index contributed by atoms with van der Waals surface area (Å²) in [4.78, 5) is 0.700. The normalized spacial score (nSPS) is 32.5. The minimum atomic E-state index is 0.410. The van der Waals surface area contributed by atoms with E-state index in [-0.39, 0.29) is 0 Å². The van der Waals surface area contributed by atoms with E-state index in [0.717, 1.165) is 24.4 Å². The maximum atomic E-state index is 5.23. The third kappa shape index (κ3) is 3.96. The summed E-state index contributed by atoms with van der Waals surface area (Å²) in [6.45, 7) is 10.5. The summed E-state index contributed by atoms with van der Waals surface area (Å²) in [7, 11) is 1.80. The third-order valence-electron chi connectivity index (χ3n) is 5.02. The largest absolute Gasteiger partial charge is 0.385 e. The molecule has 4 unspecified atom stereocenters. The van der Waals surface area contributed by atoms with Crippen LogP contribution in [-0.4, -0.2) is 18.5 Å². The van der Waals surface area contributed by atoms with Crippen molar-refractivity contribution in [2.24, 2.45) is 23.2 Å². The van der Waals surface area contributed by atoms with Crippen molar-refractivity contribution in [3.05, 3.63) is 0 Å². The summed E-state index contributed by atoms with van der Waals surface area (Å²) < 4.78 is 5.23. The molecule has 17 heavy (non-hydrogen) atoms. The molecule has 0 heterocycles. The van der Waals surface area contributed by atoms with Crippen molar-refractivity contribution < 1.29 is 4.74 Å². The molecule has 0 bridgehead atoms. The van der Waals surface area contributed by atoms with Gasteiger partial charge < -0.3 is 4.74 Å². The highest BCUT2D eigenvalue weighted by Gasteiger charge is 2.40. The summed E-state index contributed by atoms with van der Waals surface area (Å²) in [6.07, 6.45) is 5.29. The molecule has 4 atom stereocenters. The van der Waals surface area contributed by atoms with Crippen LogP contribution in [0, 0.1) is 23.2 Å². The Balaban J connectivity index is 2.61. The van der Waals surface area contributed by atoms with E-state index in [1.165, 1.54) is 25.7 Å². The zero-order valence-electron chi connectivity index (χ0n) is 12.1. The molecule has 1 aliphatic carbocycles. The molecule has 0 aliphatic heterocycles. The zero-order chi connectivity index (χ0) is 13.1. The quantitative estimate of drug-likeness (QED) is 0.657. The SMILES string of the molecule is COCCC(C)C(C)(C)C1CCC(C)CC1Br. The average Bonchev–Trinajstić information content (AvgIpc) is 2.25. The van der Waals surface area contributed by atoms with Gasteiger partial charge in [0, 0.05) is 18.5 Å². The number of rotatable bonds is 5. The molecule has 1 saturated carbocycles. The second kappa shape index (κ2) is 6.56. The predicted molar refractivity (Wildman–Crippen MR) is 78.7 cm³/mol. The van der Waals surface area contributed by atoms with Crippen molar-refractivity contribution in [2.75, 3.05) is 13.7 Å². The zero-order valence-corrected chi connectivity index (χ0v) is 13.7. The molecule has 1 aliphatic rings. The van der Waals surface area contributed by atoms with Crippen LogP contribution in [0.5, 0.6) is 0 Å². The van der Waals surface area contributed by atoms with Crippen LogP contribution in [-0.2, 0) is 4.74 Å². The Morgan fingerprint density at radius 2 is 2.00 bits per heavy atom. The van der Waals surface area contributed by atoms with Crippen LogP contribution in [0.1, 0.15) is 53.4 Å². The van der Waals surface area contributed by atoms with Gasteiger partial charge in [-0.1, -0.05) is 50.0 Å². The molecule has 0 aromatic heterocycles. The number of ether oxygens (including phenoxy) is 1. The lowest BCUT2D eigenvalue weighted by molar-refractivity contribution is 0.0637. The van der Waals surface area contributed by atoms with Crippen LogP contribution in [0.2, 0.25) is 0 Å². The van der Waals surface area contributed by atoms with E-state index < -0.39 is 0 Å². The number of methoxy groups -OCH3 is 1. The Morgan fingerprint density at radius 3 is 2.53 bits per heavy atom. The lowest BCUT2D eigenvalue weighted by Crippen LogP contribution is -2.40. The summed E-state index contributed by atoms with van der Waals surface area (Å²) in [5.74, 6) is 2.42. The molecule has 0 saturated heterocycles. The maximum absolute atomic E-state index is 5.23. The molecule has 0 radical (unpaired) electrons. The molecule has 102 valence electrons. The van der Waals surface area contributed by atoms with E-state index in [1.807, 2.05) is 0 Å². The average molecular weight is 305 g/mol. The number of halogens is 1. The van der Waals surface area contributed by atoms with Crippen molar-refractivity contribution in [3.63, 3.8) is 0 Å². The van der Waals surface area contributed by atoms with Gasteiger partial charge in [0.25, 0.3) is 0 Å². The minimum Gasteiger partial charge on any atom is -0.385 e. The highest BCUT2D eigenvalue weighted by Crippen LogP contribution is 2.47. The van der Waals surface area contributed by atoms with Gasteiger partial charge in [0.05, 0.1) is 0 Å². The van der Waals surface area contributed by atoms with Gasteiger partial charge in [-0.2, -0.15) is 0 Å². The van der Waals surface area contributed by atoms with Crippen molar-refractivity contribution in [1.29, 1.82) is 0 Å². The van der Waals surface area contributed by atoms with Crippen molar-refractivity contribution in [1.82, 2.24) is 0 Å². The predicted octanol–water partition coefficient (Wildman–Crippen LogP) is 4.88. The van der Waals surface area contributed by atoms with E-state index in [0.29, 0.717) is 10.2 Å². The number of alkyl halides is 1. The molecule has 1 rings (SSSR count). The third-order valence-corrected chi connectivity index (χ3v) is 6.03. The van der Waals surface area contributed by atoms with E-state index >= 15 is 0 Å². The van der Waals surface area contributed by atoms with Crippen LogP contribution in [0.25, 0.3) is 0 Å². The van der Waals surface area contributed by atoms with Gasteiger partial charge in [0.2, 0.25) is 0 Å². The van der Waals surface area contributed by atoms with Gasteiger partial charge in [-0.3, -0.25) is 0 Å². The summed E-state index contributed by atoms with van der Waals surface area (Å²) >= 11 is 3.94. The fourth-order valence-electron chi connectivity index (χ4n) is 3.18. The number of hydrogen-bond donors (Lipinski definition) is 0. The second-order valence-corrected chi connectivity index (χ2v) is 7.72. The van der Waals surface area contributed by atoms with Crippen molar-refractivity contribution >= 4 is 15.9 Å². The van der Waals surface area contributed by atoms with E-state index in [9.17, 15) is 0 Å². The Kier molecular flexibility index (Phi) is 5.98. The van der Waals surface area contributed by atoms with E-state index in [1.54, 1.807) is 7.11 Å². The summed E-state index contributed by atoms with van der Waals surface area (Å²) in [6, 6.07) is 0. The van der Waals surface area contributed by atoms with Gasteiger partial charge in [-0.05, 0) is 42.4 Å². The summed E-state index contributed by atoms with van der Waals surface area (Å²) in [5.41, 5.74) is 0.410. The Bertz CT molecular complexity index is 227. The Hall–Kier alpha value is 0.440. The lowest BCUT2D eigenvalue weighted by atomic mass is 9.63. The molecule has 0 spiro atoms. The first-order valence-corrected chi connectivity index (χ1v) is 7.94. The monoisotopic (exact) mass is 304 g/mol. The Labute approximate surface area is 116 Å². The second-order valence-electron chi connectivity index (χ2n) is 6.54. The molecule has 0 aromatic carbocycles. The first-order valence-electron chi connectivity index (χ1n) is 7.02. The smallest absolute Gasteiger partial charge is 0.0465 e. The Morgan fingerprint density at radius 1 is 1.35 bits per heavy atom. The van der Waals surface area contributed by atoms with Gasteiger partial charge >= 0.3 is 0 Å². The molecule has 2 heteroatoms. The van der Waals surface area contributed by atoms with Gasteiger partial charge in [-0.25, -0.2) is 0 Å². The molecule has 0 aromatic rings. The molecule has 1 fully saturated rings. The van der Waals surface area contributed by atoms with Crippen LogP contribution in [0.4, 0.5) is 0 Å². The van der Waals surface area contributed by atoms with E-state index in [4.69, 9.17) is 4.74 Å². The van der Waals surface area contributed by atoms with Crippen molar-refractivity contribution in [3.8, 4) is 0 Å². The molecular weight excluding hydrogens is 276 g/mol. The molecule has 0 N–H and O–H groups in total. The van der Waals surface area contributed by atoms with Crippen LogP contribution in [0.3, 0.4) is 0 Å². The fraction of sp³-hybridized carbons (Fsp3) is 1.00. The van der Waals surface area contributed by atoms with Crippen LogP contribution in [0.15, 0.2) is 0 Å². The van der Waals surface area contributed by atoms with Gasteiger partial charge in [0.15, 0.2) is 0 Å². The van der Waals surface area contributed by atoms with E-state index in [2.05, 4.69) is 43.6 Å². The maximum Gasteiger partial charge on any atom is 0.0465 e. The standard InChI is InChI=1S/C15H29BrO/c1-11-6-7-13(14(16)10-11)15(3,4)12(2)8-9-17-5/h11-14H,6-10H2,1-5H3. The molecule has 0 amide bonds. The van der Waals surface area contributed by atoms with Gasteiger partial charge in [0.1, 0.15) is 0 Å². The van der Waals surface area contributed by atoms with Gasteiger partial charge in [-0.15, -0.1) is 0 Å². The minimum absolute atomic E-state index is 0.410. The van der Waals surface area contributed by atoms with Crippen molar-refractivity contribution in [2.45, 2.75) is 58.2 Å². The molecular formula is C15H29BrO. The first-order chi connectivity index (χ1) is 7.89. The van der Waals surface area contributed by atoms with Crippen LogP contribution >= 0.6 is 15.9 Å². The summed E-state index contributed by atoms with van der Waals surface area (Å²) in [5, 5.41) is 0. The fourth-order valence-corrected chi connectivity index (χ4v) is 4.77. The number of hydrogen-bond acceptors (Lipinski definition) is 1.